The zero-order valence-corrected chi connectivity index (χ0v) is 16.4. The smallest absolute Gasteiger partial charge is 0.243 e. The second-order valence-corrected chi connectivity index (χ2v) is 8.67. The Bertz CT molecular complexity index is 989. The third kappa shape index (κ3) is 4.75. The number of nitrogens with zero attached hydrogens (tertiary/aromatic N) is 3. The molecule has 1 aliphatic rings. The van der Waals surface area contributed by atoms with Gasteiger partial charge in [-0.2, -0.15) is 9.57 Å². The number of carbonyl (C=O) groups is 1. The maximum atomic E-state index is 12.7. The fraction of sp³-hybridized carbons (Fsp3) is 0.300. The first-order chi connectivity index (χ1) is 13.4. The van der Waals surface area contributed by atoms with E-state index in [0.29, 0.717) is 42.3 Å². The molecule has 146 valence electrons. The van der Waals surface area contributed by atoms with E-state index in [2.05, 4.69) is 5.32 Å². The second kappa shape index (κ2) is 8.52. The quantitative estimate of drug-likeness (QED) is 0.829. The molecule has 2 aromatic carbocycles. The summed E-state index contributed by atoms with van der Waals surface area (Å²) < 4.78 is 26.9. The maximum Gasteiger partial charge on any atom is 0.243 e. The average Bonchev–Trinajstić information content (AvgIpc) is 2.69. The highest BCUT2D eigenvalue weighted by Gasteiger charge is 2.28. The second-order valence-electron chi connectivity index (χ2n) is 6.73. The molecule has 1 saturated heterocycles. The summed E-state index contributed by atoms with van der Waals surface area (Å²) in [6.07, 6.45) is 0. The van der Waals surface area contributed by atoms with E-state index in [9.17, 15) is 13.2 Å². The van der Waals surface area contributed by atoms with E-state index in [1.54, 1.807) is 48.5 Å². The van der Waals surface area contributed by atoms with Crippen LogP contribution in [0.15, 0.2) is 53.4 Å². The van der Waals surface area contributed by atoms with Crippen LogP contribution in [0.25, 0.3) is 0 Å². The largest absolute Gasteiger partial charge is 0.325 e. The molecule has 2 aromatic rings. The van der Waals surface area contributed by atoms with Crippen molar-refractivity contribution < 1.29 is 13.2 Å². The highest BCUT2D eigenvalue weighted by Crippen LogP contribution is 2.18. The molecule has 8 heteroatoms. The zero-order chi connectivity index (χ0) is 20.1. The van der Waals surface area contributed by atoms with Crippen molar-refractivity contribution in [3.8, 4) is 6.07 Å². The summed E-state index contributed by atoms with van der Waals surface area (Å²) in [5.41, 5.74) is 2.06. The van der Waals surface area contributed by atoms with Gasteiger partial charge in [-0.15, -0.1) is 0 Å². The number of piperazine rings is 1. The summed E-state index contributed by atoms with van der Waals surface area (Å²) in [7, 11) is -3.51. The van der Waals surface area contributed by atoms with Crippen LogP contribution >= 0.6 is 0 Å². The van der Waals surface area contributed by atoms with Gasteiger partial charge in [-0.25, -0.2) is 8.42 Å². The fourth-order valence-corrected chi connectivity index (χ4v) is 4.48. The van der Waals surface area contributed by atoms with Crippen molar-refractivity contribution in [2.24, 2.45) is 0 Å². The molecule has 28 heavy (non-hydrogen) atoms. The molecule has 0 aliphatic carbocycles. The summed E-state index contributed by atoms with van der Waals surface area (Å²) in [5.74, 6) is -0.190. The van der Waals surface area contributed by atoms with Gasteiger partial charge in [0.1, 0.15) is 0 Å². The molecular formula is C20H22N4O3S. The molecule has 3 rings (SSSR count). The minimum atomic E-state index is -3.51. The number of anilines is 1. The van der Waals surface area contributed by atoms with Gasteiger partial charge >= 0.3 is 0 Å². The molecule has 0 spiro atoms. The number of benzene rings is 2. The van der Waals surface area contributed by atoms with Gasteiger partial charge in [0.05, 0.1) is 23.1 Å². The molecule has 0 aromatic heterocycles. The fourth-order valence-electron chi connectivity index (χ4n) is 3.06. The normalized spacial score (nSPS) is 15.7. The Kier molecular flexibility index (Phi) is 6.09. The summed E-state index contributed by atoms with van der Waals surface area (Å²) in [5, 5.41) is 11.7. The van der Waals surface area contributed by atoms with Gasteiger partial charge in [0, 0.05) is 31.9 Å². The van der Waals surface area contributed by atoms with Crippen molar-refractivity contribution in [3.63, 3.8) is 0 Å². The number of carbonyl (C=O) groups excluding carboxylic acids is 1. The van der Waals surface area contributed by atoms with Crippen molar-refractivity contribution >= 4 is 21.6 Å². The van der Waals surface area contributed by atoms with E-state index in [1.165, 1.54) is 4.31 Å². The van der Waals surface area contributed by atoms with Crippen molar-refractivity contribution in [1.82, 2.24) is 9.21 Å². The Morgan fingerprint density at radius 2 is 1.79 bits per heavy atom. The Morgan fingerprint density at radius 3 is 2.43 bits per heavy atom. The first kappa shape index (κ1) is 20.0. The van der Waals surface area contributed by atoms with Gasteiger partial charge in [-0.3, -0.25) is 9.69 Å². The summed E-state index contributed by atoms with van der Waals surface area (Å²) in [6, 6.07) is 15.6. The molecule has 1 heterocycles. The van der Waals surface area contributed by atoms with Crippen LogP contribution in [0.4, 0.5) is 5.69 Å². The standard InChI is InChI=1S/C20H22N4O3S/c1-16-5-7-19(8-6-16)28(26,27)24-11-9-23(10-12-24)15-20(25)22-18-4-2-3-17(13-18)14-21/h2-8,13H,9-12,15H2,1H3,(H,22,25). The SMILES string of the molecule is Cc1ccc(S(=O)(=O)N2CCN(CC(=O)Nc3cccc(C#N)c3)CC2)cc1. The predicted octanol–water partition coefficient (Wildman–Crippen LogP) is 1.81. The first-order valence-corrected chi connectivity index (χ1v) is 10.4. The lowest BCUT2D eigenvalue weighted by Gasteiger charge is -2.33. The molecule has 0 saturated carbocycles. The third-order valence-electron chi connectivity index (χ3n) is 4.63. The molecular weight excluding hydrogens is 376 g/mol. The molecule has 1 aliphatic heterocycles. The number of hydrogen-bond donors (Lipinski definition) is 1. The van der Waals surface area contributed by atoms with Gasteiger partial charge in [-0.05, 0) is 37.3 Å². The third-order valence-corrected chi connectivity index (χ3v) is 6.55. The highest BCUT2D eigenvalue weighted by molar-refractivity contribution is 7.89. The molecule has 1 fully saturated rings. The van der Waals surface area contributed by atoms with Crippen LogP contribution < -0.4 is 5.32 Å². The highest BCUT2D eigenvalue weighted by atomic mass is 32.2. The van der Waals surface area contributed by atoms with Crippen LogP contribution in [0.1, 0.15) is 11.1 Å². The molecule has 1 amide bonds. The number of nitriles is 1. The van der Waals surface area contributed by atoms with Crippen molar-refractivity contribution in [3.05, 3.63) is 59.7 Å². The Morgan fingerprint density at radius 1 is 1.11 bits per heavy atom. The van der Waals surface area contributed by atoms with E-state index < -0.39 is 10.0 Å². The molecule has 0 atom stereocenters. The number of amides is 1. The number of rotatable bonds is 5. The molecule has 0 bridgehead atoms. The van der Waals surface area contributed by atoms with E-state index in [0.717, 1.165) is 5.56 Å². The van der Waals surface area contributed by atoms with E-state index >= 15 is 0 Å². The van der Waals surface area contributed by atoms with Crippen molar-refractivity contribution in [1.29, 1.82) is 5.26 Å². The van der Waals surface area contributed by atoms with Crippen molar-refractivity contribution in [2.75, 3.05) is 38.0 Å². The number of nitrogens with one attached hydrogen (secondary N) is 1. The lowest BCUT2D eigenvalue weighted by Crippen LogP contribution is -2.50. The minimum absolute atomic E-state index is 0.176. The lowest BCUT2D eigenvalue weighted by molar-refractivity contribution is -0.117. The number of aryl methyl sites for hydroxylation is 1. The van der Waals surface area contributed by atoms with Crippen LogP contribution in [0.3, 0.4) is 0 Å². The van der Waals surface area contributed by atoms with Gasteiger partial charge in [-0.1, -0.05) is 23.8 Å². The number of hydrogen-bond acceptors (Lipinski definition) is 5. The van der Waals surface area contributed by atoms with E-state index in [-0.39, 0.29) is 12.5 Å². The van der Waals surface area contributed by atoms with Crippen LogP contribution in [-0.4, -0.2) is 56.3 Å². The first-order valence-electron chi connectivity index (χ1n) is 8.98. The Balaban J connectivity index is 1.54. The van der Waals surface area contributed by atoms with Crippen LogP contribution in [-0.2, 0) is 14.8 Å². The van der Waals surface area contributed by atoms with Crippen LogP contribution in [0, 0.1) is 18.3 Å². The zero-order valence-electron chi connectivity index (χ0n) is 15.6. The van der Waals surface area contributed by atoms with Gasteiger partial charge in [0.2, 0.25) is 15.9 Å². The monoisotopic (exact) mass is 398 g/mol. The number of sulfonamides is 1. The van der Waals surface area contributed by atoms with Crippen LogP contribution in [0.2, 0.25) is 0 Å². The lowest BCUT2D eigenvalue weighted by atomic mass is 10.2. The van der Waals surface area contributed by atoms with Gasteiger partial charge in [0.25, 0.3) is 0 Å². The summed E-state index contributed by atoms with van der Waals surface area (Å²) in [6.45, 7) is 3.74. The minimum Gasteiger partial charge on any atom is -0.325 e. The summed E-state index contributed by atoms with van der Waals surface area (Å²) in [4.78, 5) is 14.5. The van der Waals surface area contributed by atoms with Gasteiger partial charge < -0.3 is 5.32 Å². The average molecular weight is 398 g/mol. The van der Waals surface area contributed by atoms with Crippen LogP contribution in [0.5, 0.6) is 0 Å². The van der Waals surface area contributed by atoms with Gasteiger partial charge in [0.15, 0.2) is 0 Å². The molecule has 0 unspecified atom stereocenters. The van der Waals surface area contributed by atoms with Crippen molar-refractivity contribution in [2.45, 2.75) is 11.8 Å². The summed E-state index contributed by atoms with van der Waals surface area (Å²) >= 11 is 0. The maximum absolute atomic E-state index is 12.7. The topological polar surface area (TPSA) is 93.5 Å². The Labute approximate surface area is 165 Å². The van der Waals surface area contributed by atoms with E-state index in [1.807, 2.05) is 17.9 Å². The molecule has 0 radical (unpaired) electrons. The Hall–Kier alpha value is -2.73. The molecule has 7 nitrogen and oxygen atoms in total. The van der Waals surface area contributed by atoms with E-state index in [4.69, 9.17) is 5.26 Å². The molecule has 1 N–H and O–H groups in total. The predicted molar refractivity (Wildman–Crippen MR) is 106 cm³/mol.